The molecule has 0 spiro atoms. The quantitative estimate of drug-likeness (QED) is 0.452. The van der Waals surface area contributed by atoms with Crippen LogP contribution in [0.2, 0.25) is 0 Å². The van der Waals surface area contributed by atoms with E-state index in [0.717, 1.165) is 11.8 Å². The minimum Gasteiger partial charge on any atom is -0.415 e. The van der Waals surface area contributed by atoms with Gasteiger partial charge in [0.05, 0.1) is 4.90 Å². The molecule has 0 atom stereocenters. The molecule has 5 rings (SSSR count). The third kappa shape index (κ3) is 3.72. The topological polar surface area (TPSA) is 94.1 Å². The molecule has 33 heavy (non-hydrogen) atoms. The van der Waals surface area contributed by atoms with Crippen LogP contribution in [-0.2, 0) is 30.0 Å². The molecule has 1 aliphatic heterocycles. The van der Waals surface area contributed by atoms with Gasteiger partial charge in [-0.15, -0.1) is 10.2 Å². The van der Waals surface area contributed by atoms with E-state index in [1.54, 1.807) is 11.7 Å². The van der Waals surface area contributed by atoms with Crippen LogP contribution in [0.4, 0.5) is 8.78 Å². The van der Waals surface area contributed by atoms with Crippen molar-refractivity contribution in [2.24, 2.45) is 7.05 Å². The normalized spacial score (nSPS) is 14.4. The molecule has 0 aliphatic carbocycles. The van der Waals surface area contributed by atoms with Gasteiger partial charge in [-0.2, -0.15) is 9.40 Å². The Morgan fingerprint density at radius 3 is 2.48 bits per heavy atom. The van der Waals surface area contributed by atoms with Gasteiger partial charge in [-0.1, -0.05) is 0 Å². The van der Waals surface area contributed by atoms with Crippen LogP contribution in [0.25, 0.3) is 23.0 Å². The zero-order chi connectivity index (χ0) is 23.3. The summed E-state index contributed by atoms with van der Waals surface area (Å²) in [5, 5.41) is 12.6. The van der Waals surface area contributed by atoms with Crippen molar-refractivity contribution in [1.82, 2.24) is 24.3 Å². The van der Waals surface area contributed by atoms with E-state index >= 15 is 0 Å². The van der Waals surface area contributed by atoms with Crippen molar-refractivity contribution < 1.29 is 21.6 Å². The second-order valence-corrected chi connectivity index (χ2v) is 9.75. The first-order valence-electron chi connectivity index (χ1n) is 10.1. The highest BCUT2D eigenvalue weighted by Crippen LogP contribution is 2.33. The van der Waals surface area contributed by atoms with Crippen molar-refractivity contribution >= 4 is 10.0 Å². The van der Waals surface area contributed by atoms with Crippen LogP contribution in [0.15, 0.2) is 51.8 Å². The molecule has 3 heterocycles. The maximum absolute atomic E-state index is 13.7. The molecular weight excluding hydrogens is 452 g/mol. The Hall–Kier alpha value is -3.44. The van der Waals surface area contributed by atoms with Gasteiger partial charge in [0.1, 0.15) is 11.6 Å². The molecule has 170 valence electrons. The van der Waals surface area contributed by atoms with E-state index in [1.807, 2.05) is 0 Å². The summed E-state index contributed by atoms with van der Waals surface area (Å²) in [5.74, 6) is -0.498. The number of fused-ring (bicyclic) bond motifs is 1. The van der Waals surface area contributed by atoms with Gasteiger partial charge in [0.2, 0.25) is 15.9 Å². The first kappa shape index (κ1) is 21.4. The Balaban J connectivity index is 1.49. The molecule has 0 saturated heterocycles. The predicted octanol–water partition coefficient (Wildman–Crippen LogP) is 3.47. The highest BCUT2D eigenvalue weighted by molar-refractivity contribution is 7.89. The molecule has 1 aliphatic rings. The Labute approximate surface area is 188 Å². The van der Waals surface area contributed by atoms with Crippen LogP contribution in [0.1, 0.15) is 16.8 Å². The van der Waals surface area contributed by atoms with Gasteiger partial charge < -0.3 is 4.42 Å². The number of halogens is 2. The second kappa shape index (κ2) is 7.85. The van der Waals surface area contributed by atoms with Gasteiger partial charge in [-0.3, -0.25) is 4.68 Å². The molecule has 0 unspecified atom stereocenters. The van der Waals surface area contributed by atoms with E-state index in [2.05, 4.69) is 15.3 Å². The number of hydrogen-bond acceptors (Lipinski definition) is 6. The van der Waals surface area contributed by atoms with Crippen molar-refractivity contribution in [2.45, 2.75) is 24.8 Å². The fourth-order valence-corrected chi connectivity index (χ4v) is 5.39. The first-order chi connectivity index (χ1) is 15.7. The maximum Gasteiger partial charge on any atom is 0.268 e. The number of sulfonamides is 1. The van der Waals surface area contributed by atoms with E-state index < -0.39 is 15.8 Å². The van der Waals surface area contributed by atoms with Crippen LogP contribution in [0, 0.1) is 18.6 Å². The number of hydrogen-bond donors (Lipinski definition) is 0. The minimum atomic E-state index is -3.85. The zero-order valence-corrected chi connectivity index (χ0v) is 18.6. The SMILES string of the molecule is Cc1cc(S(=O)(=O)N2CCc3c(c(-c4nnc(-c5ccc(F)cc5)o4)nn3C)C2)ccc1F. The Kier molecular flexibility index (Phi) is 5.09. The fraction of sp³-hybridized carbons (Fsp3) is 0.227. The number of benzene rings is 2. The summed E-state index contributed by atoms with van der Waals surface area (Å²) in [6, 6.07) is 9.40. The van der Waals surface area contributed by atoms with E-state index in [-0.39, 0.29) is 41.1 Å². The van der Waals surface area contributed by atoms with Gasteiger partial charge in [0, 0.05) is 43.4 Å². The van der Waals surface area contributed by atoms with Crippen molar-refractivity contribution in [2.75, 3.05) is 6.54 Å². The van der Waals surface area contributed by atoms with Crippen LogP contribution in [-0.4, -0.2) is 39.2 Å². The van der Waals surface area contributed by atoms with Gasteiger partial charge >= 0.3 is 0 Å². The lowest BCUT2D eigenvalue weighted by atomic mass is 10.1. The lowest BCUT2D eigenvalue weighted by Crippen LogP contribution is -2.36. The summed E-state index contributed by atoms with van der Waals surface area (Å²) in [5.41, 5.74) is 2.74. The van der Waals surface area contributed by atoms with E-state index in [0.29, 0.717) is 23.2 Å². The van der Waals surface area contributed by atoms with Crippen molar-refractivity contribution in [3.63, 3.8) is 0 Å². The number of nitrogens with zero attached hydrogens (tertiary/aromatic N) is 5. The monoisotopic (exact) mass is 471 g/mol. The summed E-state index contributed by atoms with van der Waals surface area (Å²) in [4.78, 5) is 0.0340. The summed E-state index contributed by atoms with van der Waals surface area (Å²) < 4.78 is 62.1. The highest BCUT2D eigenvalue weighted by Gasteiger charge is 2.33. The number of aromatic nitrogens is 4. The summed E-state index contributed by atoms with van der Waals surface area (Å²) in [6.07, 6.45) is 0.442. The Morgan fingerprint density at radius 2 is 1.76 bits per heavy atom. The van der Waals surface area contributed by atoms with Crippen LogP contribution >= 0.6 is 0 Å². The summed E-state index contributed by atoms with van der Waals surface area (Å²) in [6.45, 7) is 1.84. The van der Waals surface area contributed by atoms with Crippen LogP contribution in [0.5, 0.6) is 0 Å². The smallest absolute Gasteiger partial charge is 0.268 e. The van der Waals surface area contributed by atoms with Crippen molar-refractivity contribution in [3.8, 4) is 23.0 Å². The number of aryl methyl sites for hydroxylation is 2. The molecule has 0 bridgehead atoms. The minimum absolute atomic E-state index is 0.0340. The van der Waals surface area contributed by atoms with Crippen LogP contribution < -0.4 is 0 Å². The molecule has 2 aromatic carbocycles. The number of rotatable bonds is 4. The standard InChI is InChI=1S/C22H19F2N5O3S/c1-13-11-16(7-8-18(13)24)33(30,31)29-10-9-19-17(12-29)20(27-28(19)2)22-26-25-21(32-22)14-3-5-15(23)6-4-14/h3-8,11H,9-10,12H2,1-2H3. The third-order valence-corrected chi connectivity index (χ3v) is 7.53. The summed E-state index contributed by atoms with van der Waals surface area (Å²) in [7, 11) is -2.08. The Bertz CT molecular complexity index is 1460. The van der Waals surface area contributed by atoms with Gasteiger partial charge in [-0.25, -0.2) is 17.2 Å². The van der Waals surface area contributed by atoms with E-state index in [9.17, 15) is 17.2 Å². The average Bonchev–Trinajstić information content (AvgIpc) is 3.41. The molecular formula is C22H19F2N5O3S. The average molecular weight is 471 g/mol. The molecule has 0 radical (unpaired) electrons. The first-order valence-corrected chi connectivity index (χ1v) is 11.6. The maximum atomic E-state index is 13.7. The lowest BCUT2D eigenvalue weighted by Gasteiger charge is -2.27. The second-order valence-electron chi connectivity index (χ2n) is 7.82. The highest BCUT2D eigenvalue weighted by atomic mass is 32.2. The van der Waals surface area contributed by atoms with E-state index in [1.165, 1.54) is 47.6 Å². The van der Waals surface area contributed by atoms with Crippen LogP contribution in [0.3, 0.4) is 0 Å². The molecule has 8 nitrogen and oxygen atoms in total. The molecule has 0 N–H and O–H groups in total. The van der Waals surface area contributed by atoms with E-state index in [4.69, 9.17) is 4.42 Å². The van der Waals surface area contributed by atoms with Gasteiger partial charge in [0.15, 0.2) is 5.69 Å². The molecule has 2 aromatic heterocycles. The van der Waals surface area contributed by atoms with Crippen molar-refractivity contribution in [1.29, 1.82) is 0 Å². The molecule has 4 aromatic rings. The zero-order valence-electron chi connectivity index (χ0n) is 17.8. The molecule has 0 saturated carbocycles. The summed E-state index contributed by atoms with van der Waals surface area (Å²) >= 11 is 0. The Morgan fingerprint density at radius 1 is 1.03 bits per heavy atom. The predicted molar refractivity (Wildman–Crippen MR) is 114 cm³/mol. The molecule has 11 heteroatoms. The largest absolute Gasteiger partial charge is 0.415 e. The van der Waals surface area contributed by atoms with Crippen molar-refractivity contribution in [3.05, 3.63) is 70.9 Å². The third-order valence-electron chi connectivity index (χ3n) is 5.69. The molecule has 0 amide bonds. The van der Waals surface area contributed by atoms with Gasteiger partial charge in [-0.05, 0) is 55.0 Å². The fourth-order valence-electron chi connectivity index (χ4n) is 3.90. The van der Waals surface area contributed by atoms with Gasteiger partial charge in [0.25, 0.3) is 5.89 Å². The lowest BCUT2D eigenvalue weighted by molar-refractivity contribution is 0.386. The molecule has 0 fully saturated rings.